The monoisotopic (exact) mass is 430 g/mol. The highest BCUT2D eigenvalue weighted by Crippen LogP contribution is 2.39. The number of hydrogen-bond acceptors (Lipinski definition) is 5. The molecule has 3 aliphatic rings. The zero-order valence-corrected chi connectivity index (χ0v) is 18.0. The molecule has 7 nitrogen and oxygen atoms in total. The van der Waals surface area contributed by atoms with Crippen molar-refractivity contribution >= 4 is 35.2 Å². The minimum atomic E-state index is -0.864. The second kappa shape index (κ2) is 9.83. The largest absolute Gasteiger partial charge is 0.352 e. The van der Waals surface area contributed by atoms with E-state index in [1.807, 2.05) is 24.3 Å². The Labute approximate surface area is 181 Å². The van der Waals surface area contributed by atoms with Crippen LogP contribution in [-0.2, 0) is 14.4 Å². The quantitative estimate of drug-likeness (QED) is 0.620. The molecule has 2 heterocycles. The van der Waals surface area contributed by atoms with Crippen LogP contribution in [0.1, 0.15) is 44.9 Å². The SMILES string of the molecule is O=C(CN1C(=O)C(C(=O)NC2CCNCC2)Sc2ccccc21)NC1CCCCC1. The lowest BCUT2D eigenvalue weighted by Crippen LogP contribution is -2.54. The first kappa shape index (κ1) is 21.2. The Morgan fingerprint density at radius 3 is 2.47 bits per heavy atom. The molecule has 2 fully saturated rings. The van der Waals surface area contributed by atoms with Crippen LogP contribution in [0, 0.1) is 0 Å². The molecular formula is C22H30N4O3S. The van der Waals surface area contributed by atoms with Gasteiger partial charge in [0.15, 0.2) is 5.25 Å². The van der Waals surface area contributed by atoms with E-state index in [9.17, 15) is 14.4 Å². The van der Waals surface area contributed by atoms with Crippen LogP contribution in [0.15, 0.2) is 29.2 Å². The number of anilines is 1. The Morgan fingerprint density at radius 2 is 1.70 bits per heavy atom. The maximum Gasteiger partial charge on any atom is 0.250 e. The van der Waals surface area contributed by atoms with Crippen LogP contribution >= 0.6 is 11.8 Å². The Morgan fingerprint density at radius 1 is 1.00 bits per heavy atom. The van der Waals surface area contributed by atoms with Crippen molar-refractivity contribution in [3.05, 3.63) is 24.3 Å². The third-order valence-electron chi connectivity index (χ3n) is 6.09. The summed E-state index contributed by atoms with van der Waals surface area (Å²) in [5.74, 6) is -0.734. The van der Waals surface area contributed by atoms with Crippen molar-refractivity contribution in [3.8, 4) is 0 Å². The molecule has 0 bridgehead atoms. The fourth-order valence-electron chi connectivity index (χ4n) is 4.45. The number of hydrogen-bond donors (Lipinski definition) is 3. The van der Waals surface area contributed by atoms with Crippen LogP contribution in [0.2, 0.25) is 0 Å². The maximum absolute atomic E-state index is 13.3. The van der Waals surface area contributed by atoms with E-state index in [2.05, 4.69) is 16.0 Å². The van der Waals surface area contributed by atoms with E-state index in [-0.39, 0.29) is 36.3 Å². The number of rotatable bonds is 5. The molecule has 0 spiro atoms. The molecular weight excluding hydrogens is 400 g/mol. The number of nitrogens with zero attached hydrogens (tertiary/aromatic N) is 1. The van der Waals surface area contributed by atoms with E-state index >= 15 is 0 Å². The number of thioether (sulfide) groups is 1. The number of para-hydroxylation sites is 1. The van der Waals surface area contributed by atoms with Gasteiger partial charge in [0.25, 0.3) is 5.91 Å². The highest BCUT2D eigenvalue weighted by Gasteiger charge is 2.39. The molecule has 3 amide bonds. The van der Waals surface area contributed by atoms with Crippen LogP contribution in [-0.4, -0.2) is 54.7 Å². The van der Waals surface area contributed by atoms with Gasteiger partial charge in [0, 0.05) is 17.0 Å². The fraction of sp³-hybridized carbons (Fsp3) is 0.591. The molecule has 1 aliphatic carbocycles. The van der Waals surface area contributed by atoms with Gasteiger partial charge in [-0.25, -0.2) is 0 Å². The van der Waals surface area contributed by atoms with Crippen LogP contribution in [0.4, 0.5) is 5.69 Å². The second-order valence-electron chi connectivity index (χ2n) is 8.33. The van der Waals surface area contributed by atoms with E-state index in [1.165, 1.54) is 23.1 Å². The molecule has 3 N–H and O–H groups in total. The third kappa shape index (κ3) is 4.98. The number of nitrogens with one attached hydrogen (secondary N) is 3. The van der Waals surface area contributed by atoms with E-state index in [0.29, 0.717) is 5.69 Å². The number of amides is 3. The molecule has 0 radical (unpaired) electrons. The molecule has 30 heavy (non-hydrogen) atoms. The van der Waals surface area contributed by atoms with Crippen LogP contribution < -0.4 is 20.9 Å². The summed E-state index contributed by atoms with van der Waals surface area (Å²) < 4.78 is 0. The third-order valence-corrected chi connectivity index (χ3v) is 7.34. The van der Waals surface area contributed by atoms with Gasteiger partial charge < -0.3 is 20.9 Å². The average Bonchev–Trinajstić information content (AvgIpc) is 2.77. The summed E-state index contributed by atoms with van der Waals surface area (Å²) in [6.45, 7) is 1.68. The average molecular weight is 431 g/mol. The predicted molar refractivity (Wildman–Crippen MR) is 117 cm³/mol. The molecule has 1 aromatic rings. The number of piperidine rings is 1. The first-order chi connectivity index (χ1) is 14.6. The molecule has 2 aliphatic heterocycles. The first-order valence-corrected chi connectivity index (χ1v) is 11.9. The first-order valence-electron chi connectivity index (χ1n) is 11.0. The molecule has 8 heteroatoms. The Balaban J connectivity index is 1.46. The topological polar surface area (TPSA) is 90.5 Å². The standard InChI is InChI=1S/C22H30N4O3S/c27-19(24-15-6-2-1-3-7-15)14-26-17-8-4-5-9-18(17)30-20(22(26)29)21(28)25-16-10-12-23-13-11-16/h4-5,8-9,15-16,20,23H,1-3,6-7,10-14H2,(H,24,27)(H,25,28). The zero-order chi connectivity index (χ0) is 20.9. The maximum atomic E-state index is 13.3. The second-order valence-corrected chi connectivity index (χ2v) is 9.47. The van der Waals surface area contributed by atoms with Gasteiger partial charge in [-0.05, 0) is 50.9 Å². The van der Waals surface area contributed by atoms with Crippen LogP contribution in [0.3, 0.4) is 0 Å². The molecule has 1 saturated carbocycles. The summed E-state index contributed by atoms with van der Waals surface area (Å²) in [6.07, 6.45) is 7.19. The van der Waals surface area contributed by atoms with Gasteiger partial charge in [-0.15, -0.1) is 11.8 Å². The van der Waals surface area contributed by atoms with Crippen molar-refractivity contribution in [2.24, 2.45) is 0 Å². The molecule has 1 unspecified atom stereocenters. The molecule has 1 aromatic carbocycles. The van der Waals surface area contributed by atoms with Gasteiger partial charge in [0.05, 0.1) is 5.69 Å². The van der Waals surface area contributed by atoms with E-state index in [1.54, 1.807) is 0 Å². The van der Waals surface area contributed by atoms with Gasteiger partial charge in [-0.2, -0.15) is 0 Å². The molecule has 162 valence electrons. The fourth-order valence-corrected chi connectivity index (χ4v) is 5.57. The highest BCUT2D eigenvalue weighted by atomic mass is 32.2. The lowest BCUT2D eigenvalue weighted by Gasteiger charge is -2.34. The normalized spacial score (nSPS) is 23.0. The highest BCUT2D eigenvalue weighted by molar-refractivity contribution is 8.01. The van der Waals surface area contributed by atoms with E-state index in [4.69, 9.17) is 0 Å². The summed E-state index contributed by atoms with van der Waals surface area (Å²) in [7, 11) is 0. The minimum Gasteiger partial charge on any atom is -0.352 e. The van der Waals surface area contributed by atoms with Gasteiger partial charge in [0.2, 0.25) is 11.8 Å². The van der Waals surface area contributed by atoms with Gasteiger partial charge >= 0.3 is 0 Å². The van der Waals surface area contributed by atoms with Crippen molar-refractivity contribution in [1.82, 2.24) is 16.0 Å². The summed E-state index contributed by atoms with van der Waals surface area (Å²) in [4.78, 5) is 41.2. The summed E-state index contributed by atoms with van der Waals surface area (Å²) in [5, 5.41) is 8.53. The summed E-state index contributed by atoms with van der Waals surface area (Å²) >= 11 is 1.28. The van der Waals surface area contributed by atoms with Gasteiger partial charge in [-0.3, -0.25) is 14.4 Å². The zero-order valence-electron chi connectivity index (χ0n) is 17.2. The lowest BCUT2D eigenvalue weighted by atomic mass is 9.95. The van der Waals surface area contributed by atoms with E-state index in [0.717, 1.165) is 56.5 Å². The molecule has 0 aromatic heterocycles. The lowest BCUT2D eigenvalue weighted by molar-refractivity contribution is -0.129. The number of benzene rings is 1. The molecule has 1 saturated heterocycles. The number of carbonyl (C=O) groups is 3. The van der Waals surface area contributed by atoms with Crippen molar-refractivity contribution in [1.29, 1.82) is 0 Å². The Hall–Kier alpha value is -2.06. The summed E-state index contributed by atoms with van der Waals surface area (Å²) in [5.41, 5.74) is 0.706. The van der Waals surface area contributed by atoms with Crippen molar-refractivity contribution in [3.63, 3.8) is 0 Å². The minimum absolute atomic E-state index is 0.0516. The smallest absolute Gasteiger partial charge is 0.250 e. The van der Waals surface area contributed by atoms with Gasteiger partial charge in [-0.1, -0.05) is 31.4 Å². The van der Waals surface area contributed by atoms with Crippen LogP contribution in [0.25, 0.3) is 0 Å². The molecule has 1 atom stereocenters. The van der Waals surface area contributed by atoms with Crippen molar-refractivity contribution < 1.29 is 14.4 Å². The number of carbonyl (C=O) groups excluding carboxylic acids is 3. The molecule has 4 rings (SSSR count). The van der Waals surface area contributed by atoms with Crippen molar-refractivity contribution in [2.45, 2.75) is 67.2 Å². The Bertz CT molecular complexity index is 790. The van der Waals surface area contributed by atoms with Crippen molar-refractivity contribution in [2.75, 3.05) is 24.5 Å². The van der Waals surface area contributed by atoms with Crippen LogP contribution in [0.5, 0.6) is 0 Å². The Kier molecular flexibility index (Phi) is 6.94. The number of fused-ring (bicyclic) bond motifs is 1. The predicted octanol–water partition coefficient (Wildman–Crippen LogP) is 1.81. The van der Waals surface area contributed by atoms with E-state index < -0.39 is 5.25 Å². The van der Waals surface area contributed by atoms with Gasteiger partial charge in [0.1, 0.15) is 6.54 Å². The summed E-state index contributed by atoms with van der Waals surface area (Å²) in [6, 6.07) is 7.78.